The van der Waals surface area contributed by atoms with E-state index in [4.69, 9.17) is 10.2 Å². The Labute approximate surface area is 142 Å². The lowest BCUT2D eigenvalue weighted by atomic mass is 9.82. The Morgan fingerprint density at radius 2 is 0.957 bits per heavy atom. The second kappa shape index (κ2) is 11.4. The van der Waals surface area contributed by atoms with E-state index in [1.54, 1.807) is 0 Å². The van der Waals surface area contributed by atoms with Crippen molar-refractivity contribution in [3.8, 4) is 0 Å². The van der Waals surface area contributed by atoms with Gasteiger partial charge in [0.25, 0.3) is 0 Å². The van der Waals surface area contributed by atoms with Crippen molar-refractivity contribution in [2.45, 2.75) is 97.7 Å². The van der Waals surface area contributed by atoms with Gasteiger partial charge < -0.3 is 20.4 Å². The molecule has 0 saturated carbocycles. The zero-order valence-electron chi connectivity index (χ0n) is 15.7. The van der Waals surface area contributed by atoms with Crippen molar-refractivity contribution in [1.82, 2.24) is 0 Å². The Kier molecular flexibility index (Phi) is 11.3. The highest BCUT2D eigenvalue weighted by Gasteiger charge is 2.20. The van der Waals surface area contributed by atoms with Crippen LogP contribution >= 0.6 is 0 Å². The summed E-state index contributed by atoms with van der Waals surface area (Å²) in [5.41, 5.74) is 0.154. The maximum atomic E-state index is 10.1. The maximum Gasteiger partial charge on any atom is 0.0540 e. The van der Waals surface area contributed by atoms with Crippen LogP contribution in [0.3, 0.4) is 0 Å². The van der Waals surface area contributed by atoms with Crippen LogP contribution in [0.4, 0.5) is 0 Å². The van der Waals surface area contributed by atoms with Crippen LogP contribution in [0.15, 0.2) is 0 Å². The van der Waals surface area contributed by atoms with E-state index in [1.807, 2.05) is 0 Å². The molecule has 0 aliphatic heterocycles. The molecule has 0 aromatic rings. The van der Waals surface area contributed by atoms with E-state index in [0.717, 1.165) is 57.8 Å². The lowest BCUT2D eigenvalue weighted by Gasteiger charge is -2.25. The number of hydrogen-bond donors (Lipinski definition) is 4. The maximum absolute atomic E-state index is 10.1. The molecule has 4 heteroatoms. The van der Waals surface area contributed by atoms with Crippen LogP contribution in [0.2, 0.25) is 0 Å². The van der Waals surface area contributed by atoms with Crippen molar-refractivity contribution in [1.29, 1.82) is 0 Å². The standard InChI is InChI=1S/C19H40O4/c1-18(2,12-14-20)10-8-16(22)6-5-7-17(23)9-11-19(3,4)13-15-21/h16-17,20-23H,5-15H2,1-4H3. The highest BCUT2D eigenvalue weighted by atomic mass is 16.3. The van der Waals surface area contributed by atoms with Crippen molar-refractivity contribution in [2.75, 3.05) is 13.2 Å². The van der Waals surface area contributed by atoms with Crippen LogP contribution in [0, 0.1) is 10.8 Å². The van der Waals surface area contributed by atoms with Crippen molar-refractivity contribution >= 4 is 0 Å². The monoisotopic (exact) mass is 332 g/mol. The second-order valence-corrected chi connectivity index (χ2v) is 8.59. The molecule has 0 radical (unpaired) electrons. The molecule has 0 fully saturated rings. The first-order chi connectivity index (χ1) is 10.6. The van der Waals surface area contributed by atoms with E-state index < -0.39 is 0 Å². The van der Waals surface area contributed by atoms with Gasteiger partial charge in [0.2, 0.25) is 0 Å². The summed E-state index contributed by atoms with van der Waals surface area (Å²) >= 11 is 0. The Morgan fingerprint density at radius 1 is 0.609 bits per heavy atom. The molecular formula is C19H40O4. The summed E-state index contributed by atoms with van der Waals surface area (Å²) in [5, 5.41) is 38.1. The first-order valence-electron chi connectivity index (χ1n) is 9.20. The van der Waals surface area contributed by atoms with E-state index in [2.05, 4.69) is 27.7 Å². The van der Waals surface area contributed by atoms with Crippen LogP contribution in [0.25, 0.3) is 0 Å². The average molecular weight is 333 g/mol. The Hall–Kier alpha value is -0.160. The highest BCUT2D eigenvalue weighted by Crippen LogP contribution is 2.29. The summed E-state index contributed by atoms with van der Waals surface area (Å²) in [6, 6.07) is 0. The lowest BCUT2D eigenvalue weighted by Crippen LogP contribution is -2.19. The van der Waals surface area contributed by atoms with Gasteiger partial charge in [-0.3, -0.25) is 0 Å². The second-order valence-electron chi connectivity index (χ2n) is 8.59. The molecular weight excluding hydrogens is 292 g/mol. The van der Waals surface area contributed by atoms with Crippen LogP contribution in [-0.2, 0) is 0 Å². The molecule has 4 N–H and O–H groups in total. The van der Waals surface area contributed by atoms with E-state index >= 15 is 0 Å². The van der Waals surface area contributed by atoms with Crippen LogP contribution < -0.4 is 0 Å². The van der Waals surface area contributed by atoms with E-state index in [1.165, 1.54) is 0 Å². The third-order valence-electron chi connectivity index (χ3n) is 4.96. The van der Waals surface area contributed by atoms with Gasteiger partial charge in [-0.05, 0) is 68.6 Å². The summed E-state index contributed by atoms with van der Waals surface area (Å²) in [5.74, 6) is 0. The van der Waals surface area contributed by atoms with Gasteiger partial charge in [-0.15, -0.1) is 0 Å². The van der Waals surface area contributed by atoms with Crippen molar-refractivity contribution in [2.24, 2.45) is 10.8 Å². The predicted octanol–water partition coefficient (Wildman–Crippen LogP) is 3.26. The quantitative estimate of drug-likeness (QED) is 0.393. The molecule has 2 unspecified atom stereocenters. The highest BCUT2D eigenvalue weighted by molar-refractivity contribution is 4.72. The fourth-order valence-electron chi connectivity index (χ4n) is 2.85. The largest absolute Gasteiger partial charge is 0.396 e. The summed E-state index contributed by atoms with van der Waals surface area (Å²) < 4.78 is 0. The molecule has 0 heterocycles. The zero-order chi connectivity index (χ0) is 17.9. The van der Waals surface area contributed by atoms with Gasteiger partial charge in [-0.2, -0.15) is 0 Å². The molecule has 0 aromatic carbocycles. The van der Waals surface area contributed by atoms with Gasteiger partial charge in [0.1, 0.15) is 0 Å². The molecule has 0 amide bonds. The fraction of sp³-hybridized carbons (Fsp3) is 1.00. The predicted molar refractivity (Wildman–Crippen MR) is 95.3 cm³/mol. The normalized spacial score (nSPS) is 15.7. The van der Waals surface area contributed by atoms with Crippen LogP contribution in [0.1, 0.15) is 85.5 Å². The minimum Gasteiger partial charge on any atom is -0.396 e. The summed E-state index contributed by atoms with van der Waals surface area (Å²) in [6.07, 6.45) is 6.53. The minimum absolute atomic E-state index is 0.0769. The van der Waals surface area contributed by atoms with E-state index in [9.17, 15) is 10.2 Å². The van der Waals surface area contributed by atoms with Crippen LogP contribution in [0.5, 0.6) is 0 Å². The van der Waals surface area contributed by atoms with Gasteiger partial charge in [0.15, 0.2) is 0 Å². The average Bonchev–Trinajstić information content (AvgIpc) is 2.43. The number of hydrogen-bond acceptors (Lipinski definition) is 4. The molecule has 0 saturated heterocycles. The molecule has 23 heavy (non-hydrogen) atoms. The SMILES string of the molecule is CC(C)(CCO)CCC(O)CCCC(O)CCC(C)(C)CCO. The molecule has 0 aliphatic rings. The van der Waals surface area contributed by atoms with Gasteiger partial charge in [0, 0.05) is 13.2 Å². The molecule has 140 valence electrons. The number of aliphatic hydroxyl groups is 4. The lowest BCUT2D eigenvalue weighted by molar-refractivity contribution is 0.0995. The molecule has 0 spiro atoms. The van der Waals surface area contributed by atoms with Gasteiger partial charge >= 0.3 is 0 Å². The van der Waals surface area contributed by atoms with Gasteiger partial charge in [-0.25, -0.2) is 0 Å². The topological polar surface area (TPSA) is 80.9 Å². The smallest absolute Gasteiger partial charge is 0.0540 e. The molecule has 0 aromatic heterocycles. The number of rotatable bonds is 14. The van der Waals surface area contributed by atoms with Gasteiger partial charge in [0.05, 0.1) is 12.2 Å². The molecule has 4 nitrogen and oxygen atoms in total. The van der Waals surface area contributed by atoms with E-state index in [0.29, 0.717) is 0 Å². The third kappa shape index (κ3) is 12.9. The van der Waals surface area contributed by atoms with Crippen molar-refractivity contribution in [3.63, 3.8) is 0 Å². The Morgan fingerprint density at radius 3 is 1.26 bits per heavy atom. The molecule has 0 aliphatic carbocycles. The molecule has 0 bridgehead atoms. The fourth-order valence-corrected chi connectivity index (χ4v) is 2.85. The van der Waals surface area contributed by atoms with Crippen molar-refractivity contribution in [3.05, 3.63) is 0 Å². The summed E-state index contributed by atoms with van der Waals surface area (Å²) in [6.45, 7) is 8.87. The zero-order valence-corrected chi connectivity index (χ0v) is 15.7. The Bertz CT molecular complexity index is 261. The third-order valence-corrected chi connectivity index (χ3v) is 4.96. The minimum atomic E-state index is -0.314. The van der Waals surface area contributed by atoms with E-state index in [-0.39, 0.29) is 36.3 Å². The first kappa shape index (κ1) is 22.8. The van der Waals surface area contributed by atoms with Crippen molar-refractivity contribution < 1.29 is 20.4 Å². The molecule has 0 rings (SSSR count). The Balaban J connectivity index is 3.80. The first-order valence-corrected chi connectivity index (χ1v) is 9.20. The van der Waals surface area contributed by atoms with Crippen LogP contribution in [-0.4, -0.2) is 45.8 Å². The van der Waals surface area contributed by atoms with Gasteiger partial charge in [-0.1, -0.05) is 27.7 Å². The summed E-state index contributed by atoms with van der Waals surface area (Å²) in [7, 11) is 0. The number of aliphatic hydroxyl groups excluding tert-OH is 4. The summed E-state index contributed by atoms with van der Waals surface area (Å²) in [4.78, 5) is 0. The molecule has 2 atom stereocenters.